The van der Waals surface area contributed by atoms with Gasteiger partial charge in [-0.25, -0.2) is 4.79 Å². The van der Waals surface area contributed by atoms with Gasteiger partial charge in [0.15, 0.2) is 5.75 Å². The Morgan fingerprint density at radius 1 is 1.09 bits per heavy atom. The fraction of sp³-hybridized carbons (Fsp3) is 0.0870. The highest BCUT2D eigenvalue weighted by Crippen LogP contribution is 2.39. The van der Waals surface area contributed by atoms with E-state index >= 15 is 0 Å². The molecule has 168 valence electrons. The first-order chi connectivity index (χ1) is 15.8. The van der Waals surface area contributed by atoms with Crippen molar-refractivity contribution in [2.75, 3.05) is 5.32 Å². The number of nitrogens with one attached hydrogen (secondary N) is 2. The highest BCUT2D eigenvalue weighted by atomic mass is 35.5. The molecule has 0 fully saturated rings. The Balaban J connectivity index is 1.59. The number of phenolic OH excluding ortho intramolecular Hbond substituents is 1. The van der Waals surface area contributed by atoms with E-state index in [1.807, 2.05) is 31.2 Å². The second-order valence-corrected chi connectivity index (χ2v) is 7.96. The molecule has 8 nitrogen and oxygen atoms in total. The average molecular weight is 485 g/mol. The van der Waals surface area contributed by atoms with Gasteiger partial charge in [0.25, 0.3) is 5.56 Å². The molecule has 0 radical (unpaired) electrons. The smallest absolute Gasteiger partial charge is 0.349 e. The van der Waals surface area contributed by atoms with Crippen LogP contribution in [0.1, 0.15) is 11.1 Å². The van der Waals surface area contributed by atoms with Gasteiger partial charge in [-0.3, -0.25) is 9.78 Å². The maximum Gasteiger partial charge on any atom is 0.349 e. The van der Waals surface area contributed by atoms with Gasteiger partial charge in [-0.2, -0.15) is 9.78 Å². The summed E-state index contributed by atoms with van der Waals surface area (Å²) >= 11 is 12.7. The number of aromatic nitrogens is 3. The van der Waals surface area contributed by atoms with E-state index in [4.69, 9.17) is 27.9 Å². The predicted octanol–water partition coefficient (Wildman–Crippen LogP) is 4.65. The maximum atomic E-state index is 12.0. The number of anilines is 1. The quantitative estimate of drug-likeness (QED) is 0.367. The topological polar surface area (TPSA) is 109 Å². The molecule has 0 aliphatic carbocycles. The summed E-state index contributed by atoms with van der Waals surface area (Å²) in [5.41, 5.74) is 1.56. The van der Waals surface area contributed by atoms with Crippen molar-refractivity contribution in [1.29, 1.82) is 0 Å². The lowest BCUT2D eigenvalue weighted by molar-refractivity contribution is 0.459. The number of H-pyrrole nitrogens is 1. The number of aromatic hydroxyl groups is 1. The van der Waals surface area contributed by atoms with E-state index in [2.05, 4.69) is 15.4 Å². The number of nitrogens with zero attached hydrogens (tertiary/aromatic N) is 2. The van der Waals surface area contributed by atoms with Crippen LogP contribution >= 0.6 is 23.2 Å². The molecule has 10 heteroatoms. The van der Waals surface area contributed by atoms with Crippen molar-refractivity contribution >= 4 is 28.9 Å². The van der Waals surface area contributed by atoms with Crippen LogP contribution in [0.15, 0.2) is 70.4 Å². The molecule has 0 atom stereocenters. The van der Waals surface area contributed by atoms with Crippen LogP contribution < -0.4 is 21.3 Å². The summed E-state index contributed by atoms with van der Waals surface area (Å²) in [6.07, 6.45) is 0.969. The molecule has 0 unspecified atom stereocenters. The van der Waals surface area contributed by atoms with Gasteiger partial charge in [0.05, 0.1) is 15.7 Å². The molecule has 4 aromatic rings. The molecular weight excluding hydrogens is 467 g/mol. The Labute approximate surface area is 198 Å². The second-order valence-electron chi connectivity index (χ2n) is 7.15. The SMILES string of the molecule is Cc1ccccc1NCc1cc(Oc2c(Cl)cc(-n3ncc(=O)[nH]c3=O)cc2Cl)ccc1O. The molecule has 3 N–H and O–H groups in total. The first kappa shape index (κ1) is 22.4. The zero-order valence-electron chi connectivity index (χ0n) is 17.3. The molecular formula is C23H18Cl2N4O4. The predicted molar refractivity (Wildman–Crippen MR) is 127 cm³/mol. The van der Waals surface area contributed by atoms with Crippen molar-refractivity contribution in [2.24, 2.45) is 0 Å². The van der Waals surface area contributed by atoms with Gasteiger partial charge in [-0.1, -0.05) is 41.4 Å². The number of aromatic amines is 1. The van der Waals surface area contributed by atoms with Crippen molar-refractivity contribution in [3.05, 3.63) is 103 Å². The molecule has 0 bridgehead atoms. The lowest BCUT2D eigenvalue weighted by atomic mass is 10.1. The summed E-state index contributed by atoms with van der Waals surface area (Å²) in [6, 6.07) is 15.5. The van der Waals surface area contributed by atoms with E-state index in [-0.39, 0.29) is 27.2 Å². The highest BCUT2D eigenvalue weighted by molar-refractivity contribution is 6.37. The van der Waals surface area contributed by atoms with E-state index in [1.165, 1.54) is 18.2 Å². The third kappa shape index (κ3) is 5.02. The van der Waals surface area contributed by atoms with Crippen LogP contribution in [-0.4, -0.2) is 19.9 Å². The van der Waals surface area contributed by atoms with Crippen molar-refractivity contribution in [3.63, 3.8) is 0 Å². The Morgan fingerprint density at radius 2 is 1.82 bits per heavy atom. The number of phenols is 1. The van der Waals surface area contributed by atoms with Crippen LogP contribution in [0.25, 0.3) is 5.69 Å². The van der Waals surface area contributed by atoms with Gasteiger partial charge >= 0.3 is 5.69 Å². The number of rotatable bonds is 6. The Bertz CT molecular complexity index is 1430. The third-order valence-electron chi connectivity index (χ3n) is 4.83. The molecule has 0 saturated carbocycles. The summed E-state index contributed by atoms with van der Waals surface area (Å²) < 4.78 is 6.84. The van der Waals surface area contributed by atoms with E-state index in [9.17, 15) is 14.7 Å². The molecule has 0 spiro atoms. The Morgan fingerprint density at radius 3 is 2.52 bits per heavy atom. The standard InChI is InChI=1S/C23H18Cl2N4O4/c1-13-4-2-3-5-19(13)26-11-14-8-16(6-7-20(14)30)33-22-17(24)9-15(10-18(22)25)29-23(32)28-21(31)12-27-29/h2-10,12,26,30H,11H2,1H3,(H,28,31,32). The van der Waals surface area contributed by atoms with E-state index in [1.54, 1.807) is 12.1 Å². The van der Waals surface area contributed by atoms with E-state index in [0.29, 0.717) is 17.9 Å². The number of hydrogen-bond acceptors (Lipinski definition) is 6. The maximum absolute atomic E-state index is 12.0. The first-order valence-corrected chi connectivity index (χ1v) is 10.5. The Hall–Kier alpha value is -3.75. The van der Waals surface area contributed by atoms with E-state index < -0.39 is 11.2 Å². The monoisotopic (exact) mass is 484 g/mol. The summed E-state index contributed by atoms with van der Waals surface area (Å²) in [5, 5.41) is 17.6. The fourth-order valence-electron chi connectivity index (χ4n) is 3.15. The molecule has 0 aliphatic heterocycles. The molecule has 0 saturated heterocycles. The zero-order valence-corrected chi connectivity index (χ0v) is 18.8. The first-order valence-electron chi connectivity index (χ1n) is 9.79. The van der Waals surface area contributed by atoms with Crippen LogP contribution in [0.2, 0.25) is 10.0 Å². The molecule has 4 rings (SSSR count). The number of ether oxygens (including phenoxy) is 1. The van der Waals surface area contributed by atoms with Crippen LogP contribution in [0.3, 0.4) is 0 Å². The van der Waals surface area contributed by atoms with Gasteiger partial charge in [0.2, 0.25) is 0 Å². The second kappa shape index (κ2) is 9.40. The number of para-hydroxylation sites is 1. The normalized spacial score (nSPS) is 10.8. The number of benzene rings is 3. The highest BCUT2D eigenvalue weighted by Gasteiger charge is 2.14. The van der Waals surface area contributed by atoms with Crippen molar-refractivity contribution in [3.8, 4) is 22.9 Å². The summed E-state index contributed by atoms with van der Waals surface area (Å²) in [6.45, 7) is 2.36. The number of aryl methyl sites for hydroxylation is 1. The molecule has 1 heterocycles. The van der Waals surface area contributed by atoms with Crippen molar-refractivity contribution in [1.82, 2.24) is 14.8 Å². The van der Waals surface area contributed by atoms with Gasteiger partial charge in [-0.05, 0) is 48.9 Å². The zero-order chi connectivity index (χ0) is 23.5. The van der Waals surface area contributed by atoms with Crippen LogP contribution in [0.5, 0.6) is 17.2 Å². The summed E-state index contributed by atoms with van der Waals surface area (Å²) in [5.74, 6) is 0.688. The van der Waals surface area contributed by atoms with Crippen molar-refractivity contribution < 1.29 is 9.84 Å². The molecule has 33 heavy (non-hydrogen) atoms. The fourth-order valence-corrected chi connectivity index (χ4v) is 3.70. The van der Waals surface area contributed by atoms with E-state index in [0.717, 1.165) is 22.1 Å². The van der Waals surface area contributed by atoms with Gasteiger partial charge in [0, 0.05) is 17.8 Å². The van der Waals surface area contributed by atoms with Crippen LogP contribution in [0.4, 0.5) is 5.69 Å². The van der Waals surface area contributed by atoms with Crippen LogP contribution in [0, 0.1) is 6.92 Å². The van der Waals surface area contributed by atoms with Gasteiger partial charge in [-0.15, -0.1) is 0 Å². The minimum atomic E-state index is -0.729. The molecule has 0 aliphatic rings. The third-order valence-corrected chi connectivity index (χ3v) is 5.39. The number of hydrogen-bond donors (Lipinski definition) is 3. The lowest BCUT2D eigenvalue weighted by Gasteiger charge is -2.14. The van der Waals surface area contributed by atoms with Crippen LogP contribution in [-0.2, 0) is 6.54 Å². The average Bonchev–Trinajstić information content (AvgIpc) is 2.77. The largest absolute Gasteiger partial charge is 0.508 e. The summed E-state index contributed by atoms with van der Waals surface area (Å²) in [4.78, 5) is 25.3. The lowest BCUT2D eigenvalue weighted by Crippen LogP contribution is -2.30. The van der Waals surface area contributed by atoms with Gasteiger partial charge in [0.1, 0.15) is 17.7 Å². The number of halogens is 2. The molecule has 0 amide bonds. The minimum absolute atomic E-state index is 0.111. The Kier molecular flexibility index (Phi) is 6.39. The molecule has 3 aromatic carbocycles. The van der Waals surface area contributed by atoms with Gasteiger partial charge < -0.3 is 15.2 Å². The van der Waals surface area contributed by atoms with Crippen molar-refractivity contribution in [2.45, 2.75) is 13.5 Å². The summed E-state index contributed by atoms with van der Waals surface area (Å²) in [7, 11) is 0. The minimum Gasteiger partial charge on any atom is -0.508 e. The molecule has 1 aromatic heterocycles.